The molecule has 0 aromatic heterocycles. The Morgan fingerprint density at radius 1 is 1.71 bits per heavy atom. The van der Waals surface area contributed by atoms with Gasteiger partial charge in [-0.3, -0.25) is 0 Å². The van der Waals surface area contributed by atoms with E-state index in [0.717, 1.165) is 6.29 Å². The molecule has 1 radical (unpaired) electrons. The van der Waals surface area contributed by atoms with Gasteiger partial charge in [0, 0.05) is 54.8 Å². The van der Waals surface area contributed by atoms with E-state index in [2.05, 4.69) is 4.74 Å². The first kappa shape index (κ1) is 10.9. The minimum Gasteiger partial charge on any atom is -0.384 e. The molecular weight excluding hydrogens is 221 g/mol. The number of ether oxygens (including phenoxy) is 1. The smallest absolute Gasteiger partial charge is 0.122 e. The first-order chi connectivity index (χ1) is 2.91. The van der Waals surface area contributed by atoms with Crippen LogP contribution in [0.5, 0.6) is 0 Å². The fourth-order valence-corrected chi connectivity index (χ4v) is 0.166. The fraction of sp³-hybridized carbons (Fsp3) is 0.750. The van der Waals surface area contributed by atoms with Gasteiger partial charge in [0.15, 0.2) is 0 Å². The molecule has 0 spiro atoms. The largest absolute Gasteiger partial charge is 0.384 e. The number of hydrogen-bond donors (Lipinski definition) is 0. The topological polar surface area (TPSA) is 26.3 Å². The Bertz CT molecular complexity index is 38.7. The molecule has 0 atom stereocenters. The first-order valence-corrected chi connectivity index (χ1v) is 1.84. The molecule has 0 rings (SSSR count). The van der Waals surface area contributed by atoms with Gasteiger partial charge < -0.3 is 9.53 Å². The standard InChI is InChI=1S/C4H8O2.Pr/c1-6-4-2-3-5;/h3H,2,4H2,1H3;. The van der Waals surface area contributed by atoms with Crippen molar-refractivity contribution in [3.63, 3.8) is 0 Å². The van der Waals surface area contributed by atoms with E-state index in [-0.39, 0.29) is 41.3 Å². The summed E-state index contributed by atoms with van der Waals surface area (Å²) in [5.41, 5.74) is 0. The van der Waals surface area contributed by atoms with Crippen LogP contribution in [0.25, 0.3) is 0 Å². The Labute approximate surface area is 76.6 Å². The van der Waals surface area contributed by atoms with Crippen molar-refractivity contribution < 1.29 is 50.8 Å². The molecule has 0 amide bonds. The predicted molar refractivity (Wildman–Crippen MR) is 22.6 cm³/mol. The van der Waals surface area contributed by atoms with E-state index in [1.807, 2.05) is 0 Å². The number of rotatable bonds is 3. The quantitative estimate of drug-likeness (QED) is 0.511. The van der Waals surface area contributed by atoms with Crippen LogP contribution in [0, 0.1) is 41.3 Å². The number of methoxy groups -OCH3 is 1. The molecule has 0 aliphatic heterocycles. The number of hydrogen-bond acceptors (Lipinski definition) is 2. The van der Waals surface area contributed by atoms with E-state index >= 15 is 0 Å². The summed E-state index contributed by atoms with van der Waals surface area (Å²) < 4.78 is 4.55. The van der Waals surface area contributed by atoms with Gasteiger partial charge in [0.2, 0.25) is 0 Å². The van der Waals surface area contributed by atoms with Crippen LogP contribution in [-0.2, 0) is 9.53 Å². The molecule has 0 aliphatic rings. The molecule has 0 unspecified atom stereocenters. The molecule has 3 heteroatoms. The molecule has 0 N–H and O–H groups in total. The summed E-state index contributed by atoms with van der Waals surface area (Å²) >= 11 is 0. The third-order valence-electron chi connectivity index (χ3n) is 0.440. The minimum absolute atomic E-state index is 0. The SMILES string of the molecule is COCCC=O.[Pr]. The molecule has 0 bridgehead atoms. The van der Waals surface area contributed by atoms with Crippen LogP contribution in [0.15, 0.2) is 0 Å². The van der Waals surface area contributed by atoms with Crippen molar-refractivity contribution >= 4 is 6.29 Å². The molecular formula is C4H8O2Pr. The Balaban J connectivity index is 0. The molecule has 39 valence electrons. The number of aldehydes is 1. The Hall–Kier alpha value is 0.994. The summed E-state index contributed by atoms with van der Waals surface area (Å²) in [5.74, 6) is 0. The summed E-state index contributed by atoms with van der Waals surface area (Å²) in [7, 11) is 1.57. The molecule has 0 fully saturated rings. The molecule has 0 aromatic carbocycles. The summed E-state index contributed by atoms with van der Waals surface area (Å²) in [6, 6.07) is 0. The van der Waals surface area contributed by atoms with Crippen molar-refractivity contribution in [1.82, 2.24) is 0 Å². The maximum Gasteiger partial charge on any atom is 0.122 e. The van der Waals surface area contributed by atoms with Crippen molar-refractivity contribution in [2.45, 2.75) is 6.42 Å². The van der Waals surface area contributed by atoms with Gasteiger partial charge in [0.1, 0.15) is 6.29 Å². The third kappa shape index (κ3) is 10.9. The summed E-state index contributed by atoms with van der Waals surface area (Å²) in [6.45, 7) is 0.545. The Kier molecular flexibility index (Phi) is 15.7. The Morgan fingerprint density at radius 3 is 2.43 bits per heavy atom. The zero-order valence-corrected chi connectivity index (χ0v) is 8.09. The second-order valence-electron chi connectivity index (χ2n) is 0.948. The maximum absolute atomic E-state index is 9.48. The van der Waals surface area contributed by atoms with E-state index < -0.39 is 0 Å². The molecule has 0 aliphatic carbocycles. The number of carbonyl (C=O) groups excluding carboxylic acids is 1. The predicted octanol–water partition coefficient (Wildman–Crippen LogP) is 0.222. The van der Waals surface area contributed by atoms with Crippen molar-refractivity contribution in [3.05, 3.63) is 0 Å². The van der Waals surface area contributed by atoms with Gasteiger partial charge in [-0.15, -0.1) is 0 Å². The zero-order valence-electron chi connectivity index (χ0n) is 4.39. The van der Waals surface area contributed by atoms with Crippen LogP contribution in [0.3, 0.4) is 0 Å². The van der Waals surface area contributed by atoms with Gasteiger partial charge in [0.25, 0.3) is 0 Å². The molecule has 2 nitrogen and oxygen atoms in total. The minimum atomic E-state index is 0. The fourth-order valence-electron chi connectivity index (χ4n) is 0.166. The normalized spacial score (nSPS) is 7.00. The third-order valence-corrected chi connectivity index (χ3v) is 0.440. The summed E-state index contributed by atoms with van der Waals surface area (Å²) in [5, 5.41) is 0. The van der Waals surface area contributed by atoms with Crippen LogP contribution in [0.4, 0.5) is 0 Å². The van der Waals surface area contributed by atoms with E-state index in [9.17, 15) is 4.79 Å². The van der Waals surface area contributed by atoms with E-state index in [1.165, 1.54) is 0 Å². The van der Waals surface area contributed by atoms with Crippen LogP contribution >= 0.6 is 0 Å². The van der Waals surface area contributed by atoms with Crippen LogP contribution < -0.4 is 0 Å². The second-order valence-corrected chi connectivity index (χ2v) is 0.948. The molecule has 7 heavy (non-hydrogen) atoms. The second kappa shape index (κ2) is 10.1. The zero-order chi connectivity index (χ0) is 4.83. The van der Waals surface area contributed by atoms with Crippen molar-refractivity contribution in [1.29, 1.82) is 0 Å². The summed E-state index contributed by atoms with van der Waals surface area (Å²) in [6.07, 6.45) is 1.35. The van der Waals surface area contributed by atoms with Crippen LogP contribution in [0.2, 0.25) is 0 Å². The van der Waals surface area contributed by atoms with Crippen molar-refractivity contribution in [2.75, 3.05) is 13.7 Å². The van der Waals surface area contributed by atoms with Gasteiger partial charge in [-0.1, -0.05) is 0 Å². The van der Waals surface area contributed by atoms with Gasteiger partial charge in [-0.25, -0.2) is 0 Å². The number of carbonyl (C=O) groups is 1. The molecule has 0 heterocycles. The Morgan fingerprint density at radius 2 is 2.29 bits per heavy atom. The van der Waals surface area contributed by atoms with E-state index in [4.69, 9.17) is 0 Å². The molecule has 0 saturated heterocycles. The van der Waals surface area contributed by atoms with Gasteiger partial charge in [0.05, 0.1) is 6.61 Å². The molecule has 0 saturated carbocycles. The summed E-state index contributed by atoms with van der Waals surface area (Å²) in [4.78, 5) is 9.48. The van der Waals surface area contributed by atoms with Crippen molar-refractivity contribution in [2.24, 2.45) is 0 Å². The van der Waals surface area contributed by atoms with Gasteiger partial charge in [-0.2, -0.15) is 0 Å². The van der Waals surface area contributed by atoms with Crippen LogP contribution in [0.1, 0.15) is 6.42 Å². The average molecular weight is 229 g/mol. The monoisotopic (exact) mass is 229 g/mol. The maximum atomic E-state index is 9.48. The van der Waals surface area contributed by atoms with Crippen molar-refractivity contribution in [3.8, 4) is 0 Å². The van der Waals surface area contributed by atoms with E-state index in [1.54, 1.807) is 7.11 Å². The molecule has 0 aromatic rings. The average Bonchev–Trinajstić information content (AvgIpc) is 1.61. The first-order valence-electron chi connectivity index (χ1n) is 1.84. The van der Waals surface area contributed by atoms with Gasteiger partial charge in [-0.05, 0) is 0 Å². The van der Waals surface area contributed by atoms with Crippen LogP contribution in [-0.4, -0.2) is 20.0 Å². The van der Waals surface area contributed by atoms with E-state index in [0.29, 0.717) is 13.0 Å². The van der Waals surface area contributed by atoms with Gasteiger partial charge >= 0.3 is 0 Å².